The monoisotopic (exact) mass is 299 g/mol. The van der Waals surface area contributed by atoms with Crippen LogP contribution in [-0.4, -0.2) is 36.7 Å². The largest absolute Gasteiger partial charge is 0.480 e. The number of nitrogens with one attached hydrogen (secondary N) is 1. The molecule has 1 heterocycles. The molecule has 1 aromatic rings. The Bertz CT molecular complexity index is 405. The molecule has 1 rings (SSSR count). The van der Waals surface area contributed by atoms with Crippen LogP contribution in [0.5, 0.6) is 0 Å². The molecule has 1 aromatic heterocycles. The van der Waals surface area contributed by atoms with Gasteiger partial charge in [0.25, 0.3) is 0 Å². The molecule has 5 nitrogen and oxygen atoms in total. The molecule has 6 heteroatoms. The van der Waals surface area contributed by atoms with Crippen molar-refractivity contribution >= 4 is 23.2 Å². The number of methoxy groups -OCH3 is 1. The van der Waals surface area contributed by atoms with Gasteiger partial charge >= 0.3 is 5.97 Å². The number of carboxylic acids is 1. The number of aryl methyl sites for hydroxylation is 1. The molecular formula is C14H21NO4S. The van der Waals surface area contributed by atoms with E-state index in [1.807, 2.05) is 6.07 Å². The summed E-state index contributed by atoms with van der Waals surface area (Å²) >= 11 is 1.75. The van der Waals surface area contributed by atoms with Gasteiger partial charge in [0.1, 0.15) is 0 Å². The predicted octanol–water partition coefficient (Wildman–Crippen LogP) is 2.07. The molecule has 1 atom stereocenters. The van der Waals surface area contributed by atoms with E-state index in [1.54, 1.807) is 11.3 Å². The van der Waals surface area contributed by atoms with Crippen molar-refractivity contribution in [2.24, 2.45) is 0 Å². The van der Waals surface area contributed by atoms with Crippen molar-refractivity contribution in [3.63, 3.8) is 0 Å². The van der Waals surface area contributed by atoms with Crippen LogP contribution in [0.3, 0.4) is 0 Å². The van der Waals surface area contributed by atoms with Gasteiger partial charge in [-0.1, -0.05) is 12.5 Å². The number of aliphatic carboxylic acids is 1. The topological polar surface area (TPSA) is 75.6 Å². The number of hydrogen-bond donors (Lipinski definition) is 2. The van der Waals surface area contributed by atoms with Gasteiger partial charge in [0.05, 0.1) is 6.61 Å². The molecule has 0 fully saturated rings. The van der Waals surface area contributed by atoms with Crippen LogP contribution in [0.25, 0.3) is 0 Å². The van der Waals surface area contributed by atoms with E-state index in [0.29, 0.717) is 6.42 Å². The second kappa shape index (κ2) is 9.50. The Labute approximate surface area is 123 Å². The number of ether oxygens (including phenoxy) is 1. The normalized spacial score (nSPS) is 12.1. The minimum absolute atomic E-state index is 0.0144. The summed E-state index contributed by atoms with van der Waals surface area (Å²) in [5.74, 6) is -1.30. The number of unbranched alkanes of at least 4 members (excludes halogenated alkanes) is 2. The van der Waals surface area contributed by atoms with Gasteiger partial charge in [-0.3, -0.25) is 4.79 Å². The Morgan fingerprint density at radius 2 is 2.20 bits per heavy atom. The van der Waals surface area contributed by atoms with Gasteiger partial charge < -0.3 is 15.2 Å². The number of carbonyl (C=O) groups excluding carboxylic acids is 1. The summed E-state index contributed by atoms with van der Waals surface area (Å²) in [7, 11) is 1.41. The Kier molecular flexibility index (Phi) is 7.91. The van der Waals surface area contributed by atoms with Crippen LogP contribution in [0.2, 0.25) is 0 Å². The summed E-state index contributed by atoms with van der Waals surface area (Å²) in [6.45, 7) is -0.0144. The maximum atomic E-state index is 11.6. The van der Waals surface area contributed by atoms with Crippen molar-refractivity contribution in [2.45, 2.75) is 38.1 Å². The van der Waals surface area contributed by atoms with Crippen LogP contribution in [-0.2, 0) is 20.7 Å². The molecule has 1 amide bonds. The first kappa shape index (κ1) is 16.7. The summed E-state index contributed by atoms with van der Waals surface area (Å²) in [5, 5.41) is 13.4. The van der Waals surface area contributed by atoms with Gasteiger partial charge in [0, 0.05) is 18.4 Å². The highest BCUT2D eigenvalue weighted by atomic mass is 32.1. The van der Waals surface area contributed by atoms with Crippen molar-refractivity contribution in [3.05, 3.63) is 22.4 Å². The minimum atomic E-state index is -1.07. The van der Waals surface area contributed by atoms with Crippen LogP contribution in [0.4, 0.5) is 0 Å². The van der Waals surface area contributed by atoms with Gasteiger partial charge in [-0.15, -0.1) is 11.3 Å². The number of rotatable bonds is 10. The molecular weight excluding hydrogens is 278 g/mol. The van der Waals surface area contributed by atoms with E-state index in [2.05, 4.69) is 16.8 Å². The maximum Gasteiger partial charge on any atom is 0.328 e. The average Bonchev–Trinajstić information content (AvgIpc) is 2.91. The van der Waals surface area contributed by atoms with Gasteiger partial charge in [-0.25, -0.2) is 4.79 Å². The molecule has 0 spiro atoms. The highest BCUT2D eigenvalue weighted by Gasteiger charge is 2.19. The summed E-state index contributed by atoms with van der Waals surface area (Å²) in [4.78, 5) is 23.8. The zero-order chi connectivity index (χ0) is 14.8. The average molecular weight is 299 g/mol. The molecule has 0 radical (unpaired) electrons. The van der Waals surface area contributed by atoms with Crippen molar-refractivity contribution in [3.8, 4) is 0 Å². The number of amides is 1. The molecule has 0 bridgehead atoms. The molecule has 112 valence electrons. The van der Waals surface area contributed by atoms with E-state index in [-0.39, 0.29) is 12.5 Å². The second-order valence-corrected chi connectivity index (χ2v) is 5.59. The molecule has 0 aliphatic carbocycles. The van der Waals surface area contributed by atoms with E-state index in [9.17, 15) is 9.59 Å². The Morgan fingerprint density at radius 3 is 2.80 bits per heavy atom. The fourth-order valence-corrected chi connectivity index (χ4v) is 2.58. The highest BCUT2D eigenvalue weighted by Crippen LogP contribution is 2.13. The molecule has 0 aromatic carbocycles. The van der Waals surface area contributed by atoms with E-state index in [1.165, 1.54) is 12.0 Å². The van der Waals surface area contributed by atoms with Gasteiger partial charge in [0.15, 0.2) is 6.04 Å². The molecule has 2 N–H and O–H groups in total. The van der Waals surface area contributed by atoms with Crippen molar-refractivity contribution in [2.75, 3.05) is 13.7 Å². The lowest BCUT2D eigenvalue weighted by Crippen LogP contribution is -2.43. The van der Waals surface area contributed by atoms with Gasteiger partial charge in [-0.05, 0) is 30.7 Å². The third-order valence-corrected chi connectivity index (χ3v) is 3.81. The van der Waals surface area contributed by atoms with Crippen LogP contribution in [0, 0.1) is 0 Å². The van der Waals surface area contributed by atoms with Gasteiger partial charge in [-0.2, -0.15) is 0 Å². The lowest BCUT2D eigenvalue weighted by atomic mass is 10.1. The van der Waals surface area contributed by atoms with Crippen molar-refractivity contribution in [1.82, 2.24) is 5.32 Å². The Balaban J connectivity index is 2.11. The first-order valence-corrected chi connectivity index (χ1v) is 7.55. The lowest BCUT2D eigenvalue weighted by molar-refractivity contribution is -0.143. The van der Waals surface area contributed by atoms with Crippen molar-refractivity contribution in [1.29, 1.82) is 0 Å². The quantitative estimate of drug-likeness (QED) is 0.649. The highest BCUT2D eigenvalue weighted by molar-refractivity contribution is 7.09. The third kappa shape index (κ3) is 6.68. The Morgan fingerprint density at radius 1 is 1.40 bits per heavy atom. The van der Waals surface area contributed by atoms with E-state index < -0.39 is 12.0 Å². The lowest BCUT2D eigenvalue weighted by Gasteiger charge is -2.13. The zero-order valence-corrected chi connectivity index (χ0v) is 12.4. The standard InChI is InChI=1S/C14H21NO4S/c1-19-10-12(14(17)18)15-13(16)8-4-2-3-6-11-7-5-9-20-11/h5,7,9,12H,2-4,6,8,10H2,1H3,(H,15,16)(H,17,18). The molecule has 0 saturated heterocycles. The number of hydrogen-bond acceptors (Lipinski definition) is 4. The molecule has 20 heavy (non-hydrogen) atoms. The van der Waals surface area contributed by atoms with E-state index in [4.69, 9.17) is 9.84 Å². The van der Waals surface area contributed by atoms with Crippen LogP contribution in [0.1, 0.15) is 30.6 Å². The van der Waals surface area contributed by atoms with E-state index >= 15 is 0 Å². The van der Waals surface area contributed by atoms with Gasteiger partial charge in [0.2, 0.25) is 5.91 Å². The van der Waals surface area contributed by atoms with E-state index in [0.717, 1.165) is 25.7 Å². The number of carbonyl (C=O) groups is 2. The summed E-state index contributed by atoms with van der Waals surface area (Å²) < 4.78 is 4.76. The summed E-state index contributed by atoms with van der Waals surface area (Å²) in [5.41, 5.74) is 0. The molecule has 0 saturated carbocycles. The minimum Gasteiger partial charge on any atom is -0.480 e. The Hall–Kier alpha value is -1.40. The van der Waals surface area contributed by atoms with Crippen LogP contribution < -0.4 is 5.32 Å². The SMILES string of the molecule is COCC(NC(=O)CCCCCc1cccs1)C(=O)O. The zero-order valence-electron chi connectivity index (χ0n) is 11.6. The summed E-state index contributed by atoms with van der Waals surface area (Å²) in [6.07, 6.45) is 4.19. The molecule has 0 aliphatic rings. The fraction of sp³-hybridized carbons (Fsp3) is 0.571. The second-order valence-electron chi connectivity index (χ2n) is 4.55. The first-order chi connectivity index (χ1) is 9.63. The predicted molar refractivity (Wildman–Crippen MR) is 77.9 cm³/mol. The first-order valence-electron chi connectivity index (χ1n) is 6.67. The van der Waals surface area contributed by atoms with Crippen molar-refractivity contribution < 1.29 is 19.4 Å². The summed E-state index contributed by atoms with van der Waals surface area (Å²) in [6, 6.07) is 3.19. The maximum absolute atomic E-state index is 11.6. The smallest absolute Gasteiger partial charge is 0.328 e. The fourth-order valence-electron chi connectivity index (χ4n) is 1.82. The third-order valence-electron chi connectivity index (χ3n) is 2.87. The van der Waals surface area contributed by atoms with Crippen LogP contribution in [0.15, 0.2) is 17.5 Å². The molecule has 1 unspecified atom stereocenters. The molecule has 0 aliphatic heterocycles. The number of carboxylic acid groups (broad SMARTS) is 1. The van der Waals surface area contributed by atoms with Crippen LogP contribution >= 0.6 is 11.3 Å². The number of thiophene rings is 1.